The lowest BCUT2D eigenvalue weighted by Crippen LogP contribution is -2.44. The maximum Gasteiger partial charge on any atom is 0.226 e. The summed E-state index contributed by atoms with van der Waals surface area (Å²) >= 11 is 0. The Morgan fingerprint density at radius 2 is 1.90 bits per heavy atom. The van der Waals surface area contributed by atoms with E-state index in [2.05, 4.69) is 13.8 Å². The smallest absolute Gasteiger partial charge is 0.226 e. The number of hydrogen-bond donors (Lipinski definition) is 0. The zero-order chi connectivity index (χ0) is 21.3. The Hall–Kier alpha value is -1.30. The summed E-state index contributed by atoms with van der Waals surface area (Å²) in [4.78, 5) is 15.4. The lowest BCUT2D eigenvalue weighted by molar-refractivity contribution is -0.139. The van der Waals surface area contributed by atoms with Crippen LogP contribution in [0.5, 0.6) is 0 Å². The Morgan fingerprint density at radius 3 is 2.50 bits per heavy atom. The van der Waals surface area contributed by atoms with Gasteiger partial charge in [-0.2, -0.15) is 0 Å². The van der Waals surface area contributed by atoms with E-state index in [-0.39, 0.29) is 29.4 Å². The first-order valence-corrected chi connectivity index (χ1v) is 13.8. The number of carbonyl (C=O) groups is 1. The van der Waals surface area contributed by atoms with Crippen LogP contribution in [0.2, 0.25) is 0 Å². The van der Waals surface area contributed by atoms with Crippen LogP contribution in [0, 0.1) is 17.8 Å². The minimum Gasteiger partial charge on any atom is -0.464 e. The van der Waals surface area contributed by atoms with Crippen LogP contribution in [-0.2, 0) is 21.2 Å². The molecule has 0 spiro atoms. The number of sulfone groups is 1. The molecule has 1 aliphatic heterocycles. The van der Waals surface area contributed by atoms with Gasteiger partial charge in [-0.1, -0.05) is 33.1 Å². The van der Waals surface area contributed by atoms with Crippen LogP contribution in [0.25, 0.3) is 0 Å². The first-order valence-electron chi connectivity index (χ1n) is 12.0. The summed E-state index contributed by atoms with van der Waals surface area (Å²) in [6, 6.07) is 3.80. The molecule has 1 saturated heterocycles. The predicted molar refractivity (Wildman–Crippen MR) is 118 cm³/mol. The molecule has 2 aliphatic carbocycles. The van der Waals surface area contributed by atoms with Crippen LogP contribution in [0.3, 0.4) is 0 Å². The maximum atomic E-state index is 13.5. The molecule has 0 radical (unpaired) electrons. The number of hydrogen-bond acceptors (Lipinski definition) is 4. The van der Waals surface area contributed by atoms with Crippen molar-refractivity contribution in [3.05, 3.63) is 23.7 Å². The molecule has 0 bridgehead atoms. The minimum absolute atomic E-state index is 0.0315. The van der Waals surface area contributed by atoms with E-state index in [4.69, 9.17) is 4.42 Å². The van der Waals surface area contributed by atoms with E-state index >= 15 is 0 Å². The second-order valence-corrected chi connectivity index (χ2v) is 12.2. The van der Waals surface area contributed by atoms with Gasteiger partial charge in [0, 0.05) is 17.9 Å². The van der Waals surface area contributed by atoms with Crippen molar-refractivity contribution in [3.8, 4) is 0 Å². The van der Waals surface area contributed by atoms with Crippen molar-refractivity contribution < 1.29 is 17.6 Å². The average Bonchev–Trinajstić information content (AvgIpc) is 3.11. The summed E-state index contributed by atoms with van der Waals surface area (Å²) in [7, 11) is -3.05. The van der Waals surface area contributed by atoms with Gasteiger partial charge >= 0.3 is 0 Å². The van der Waals surface area contributed by atoms with E-state index in [1.807, 2.05) is 17.0 Å². The Kier molecular flexibility index (Phi) is 6.61. The second-order valence-electron chi connectivity index (χ2n) is 10.0. The summed E-state index contributed by atoms with van der Waals surface area (Å²) in [6.45, 7) is 4.85. The predicted octanol–water partition coefficient (Wildman–Crippen LogP) is 4.92. The van der Waals surface area contributed by atoms with E-state index in [0.29, 0.717) is 24.8 Å². The highest BCUT2D eigenvalue weighted by atomic mass is 32.2. The fraction of sp³-hybridized carbons (Fsp3) is 0.792. The van der Waals surface area contributed by atoms with Gasteiger partial charge in [-0.05, 0) is 62.5 Å². The average molecular weight is 436 g/mol. The molecule has 1 aromatic rings. The first kappa shape index (κ1) is 21.9. The monoisotopic (exact) mass is 435 g/mol. The molecule has 1 amide bonds. The van der Waals surface area contributed by atoms with Crippen molar-refractivity contribution in [2.45, 2.75) is 90.1 Å². The van der Waals surface area contributed by atoms with E-state index < -0.39 is 9.84 Å². The summed E-state index contributed by atoms with van der Waals surface area (Å²) < 4.78 is 30.3. The molecule has 5 nitrogen and oxygen atoms in total. The van der Waals surface area contributed by atoms with E-state index in [1.165, 1.54) is 19.3 Å². The molecule has 6 heteroatoms. The lowest BCUT2D eigenvalue weighted by atomic mass is 9.79. The molecule has 3 unspecified atom stereocenters. The SMILES string of the molecule is CCCCC1CCC(C(=O)N(Cc2ccc(C3CC3C)o2)C2CCS(=O)(=O)C2)CC1. The molecule has 2 heterocycles. The largest absolute Gasteiger partial charge is 0.464 e. The summed E-state index contributed by atoms with van der Waals surface area (Å²) in [5, 5.41) is 0. The van der Waals surface area contributed by atoms with Crippen molar-refractivity contribution >= 4 is 15.7 Å². The van der Waals surface area contributed by atoms with E-state index in [0.717, 1.165) is 49.5 Å². The Bertz CT molecular complexity index is 837. The van der Waals surface area contributed by atoms with Crippen LogP contribution in [0.4, 0.5) is 0 Å². The Labute approximate surface area is 181 Å². The summed E-state index contributed by atoms with van der Waals surface area (Å²) in [6.07, 6.45) is 9.61. The molecule has 3 fully saturated rings. The molecule has 2 saturated carbocycles. The van der Waals surface area contributed by atoms with Crippen molar-refractivity contribution in [1.82, 2.24) is 4.90 Å². The number of unbranched alkanes of at least 4 members (excludes halogenated alkanes) is 1. The standard InChI is InChI=1S/C24H37NO4S/c1-3-4-5-18-6-8-19(9-7-18)24(26)25(20-12-13-30(27,28)16-20)15-21-10-11-23(29-21)22-14-17(22)2/h10-11,17-20,22H,3-9,12-16H2,1-2H3. The van der Waals surface area contributed by atoms with Crippen LogP contribution in [0.1, 0.15) is 89.1 Å². The first-order chi connectivity index (χ1) is 14.4. The minimum atomic E-state index is -3.05. The highest BCUT2D eigenvalue weighted by molar-refractivity contribution is 7.91. The fourth-order valence-electron chi connectivity index (χ4n) is 5.40. The Morgan fingerprint density at radius 1 is 1.17 bits per heavy atom. The zero-order valence-corrected chi connectivity index (χ0v) is 19.3. The van der Waals surface area contributed by atoms with Gasteiger partial charge in [0.15, 0.2) is 9.84 Å². The molecule has 3 atom stereocenters. The second kappa shape index (κ2) is 9.05. The number of amides is 1. The number of nitrogens with zero attached hydrogens (tertiary/aromatic N) is 1. The van der Waals surface area contributed by atoms with Crippen molar-refractivity contribution in [2.24, 2.45) is 17.8 Å². The van der Waals surface area contributed by atoms with Crippen LogP contribution in [0.15, 0.2) is 16.5 Å². The van der Waals surface area contributed by atoms with Gasteiger partial charge in [0.1, 0.15) is 11.5 Å². The third-order valence-electron chi connectivity index (χ3n) is 7.58. The molecule has 30 heavy (non-hydrogen) atoms. The normalized spacial score (nSPS) is 32.8. The van der Waals surface area contributed by atoms with E-state index in [1.54, 1.807) is 0 Å². The van der Waals surface area contributed by atoms with E-state index in [9.17, 15) is 13.2 Å². The van der Waals surface area contributed by atoms with Crippen molar-refractivity contribution in [3.63, 3.8) is 0 Å². The number of rotatable bonds is 8. The summed E-state index contributed by atoms with van der Waals surface area (Å²) in [5.41, 5.74) is 0. The van der Waals surface area contributed by atoms with Crippen LogP contribution in [-0.4, -0.2) is 36.8 Å². The van der Waals surface area contributed by atoms with Crippen LogP contribution >= 0.6 is 0 Å². The quantitative estimate of drug-likeness (QED) is 0.581. The third-order valence-corrected chi connectivity index (χ3v) is 9.33. The van der Waals surface area contributed by atoms with Gasteiger partial charge in [-0.3, -0.25) is 4.79 Å². The molecule has 3 aliphatic rings. The van der Waals surface area contributed by atoms with Gasteiger partial charge in [0.2, 0.25) is 5.91 Å². The lowest BCUT2D eigenvalue weighted by Gasteiger charge is -2.34. The van der Waals surface area contributed by atoms with Gasteiger partial charge in [0.25, 0.3) is 0 Å². The van der Waals surface area contributed by atoms with Crippen LogP contribution < -0.4 is 0 Å². The molecule has 168 valence electrons. The van der Waals surface area contributed by atoms with Gasteiger partial charge in [0.05, 0.1) is 18.1 Å². The molecule has 0 N–H and O–H groups in total. The third kappa shape index (κ3) is 5.12. The molecule has 1 aromatic heterocycles. The van der Waals surface area contributed by atoms with Crippen molar-refractivity contribution in [1.29, 1.82) is 0 Å². The fourth-order valence-corrected chi connectivity index (χ4v) is 7.13. The van der Waals surface area contributed by atoms with Crippen molar-refractivity contribution in [2.75, 3.05) is 11.5 Å². The molecule has 4 rings (SSSR count). The Balaban J connectivity index is 1.43. The van der Waals surface area contributed by atoms with Gasteiger partial charge in [-0.25, -0.2) is 8.42 Å². The molecular weight excluding hydrogens is 398 g/mol. The number of furan rings is 1. The molecule has 0 aromatic carbocycles. The van der Waals surface area contributed by atoms with Gasteiger partial charge < -0.3 is 9.32 Å². The topological polar surface area (TPSA) is 67.6 Å². The van der Waals surface area contributed by atoms with Gasteiger partial charge in [-0.15, -0.1) is 0 Å². The molecular formula is C24H37NO4S. The summed E-state index contributed by atoms with van der Waals surface area (Å²) in [5.74, 6) is 4.19. The maximum absolute atomic E-state index is 13.5. The highest BCUT2D eigenvalue weighted by Crippen LogP contribution is 2.47. The highest BCUT2D eigenvalue weighted by Gasteiger charge is 2.39. The zero-order valence-electron chi connectivity index (χ0n) is 18.5. The number of carbonyl (C=O) groups excluding carboxylic acids is 1.